The van der Waals surface area contributed by atoms with Crippen molar-refractivity contribution in [3.8, 4) is 17.2 Å². The van der Waals surface area contributed by atoms with Crippen LogP contribution in [0.2, 0.25) is 0 Å². The van der Waals surface area contributed by atoms with Crippen LogP contribution in [0.1, 0.15) is 21.5 Å². The fraction of sp³-hybridized carbons (Fsp3) is 0.158. The Morgan fingerprint density at radius 3 is 2.27 bits per heavy atom. The van der Waals surface area contributed by atoms with E-state index in [2.05, 4.69) is 0 Å². The van der Waals surface area contributed by atoms with Gasteiger partial charge in [-0.1, -0.05) is 6.07 Å². The molecule has 0 aliphatic rings. The predicted octanol–water partition coefficient (Wildman–Crippen LogP) is 3.08. The Morgan fingerprint density at radius 1 is 0.962 bits per heavy atom. The molecule has 26 heavy (non-hydrogen) atoms. The molecule has 7 nitrogen and oxygen atoms in total. The molecule has 0 aliphatic carbocycles. The molecule has 0 radical (unpaired) electrons. The summed E-state index contributed by atoms with van der Waals surface area (Å²) >= 11 is 0. The summed E-state index contributed by atoms with van der Waals surface area (Å²) in [5.41, 5.74) is 1.47. The lowest BCUT2D eigenvalue weighted by Gasteiger charge is -2.14. The van der Waals surface area contributed by atoms with E-state index in [9.17, 15) is 9.59 Å². The lowest BCUT2D eigenvalue weighted by Crippen LogP contribution is -2.02. The summed E-state index contributed by atoms with van der Waals surface area (Å²) in [5.74, 6) is -0.841. The fourth-order valence-corrected chi connectivity index (χ4v) is 2.26. The molecular weight excluding hydrogens is 340 g/mol. The highest BCUT2D eigenvalue weighted by Gasteiger charge is 2.11. The Kier molecular flexibility index (Phi) is 6.21. The molecule has 2 aromatic rings. The molecule has 0 aliphatic heterocycles. The van der Waals surface area contributed by atoms with Gasteiger partial charge in [0, 0.05) is 11.6 Å². The molecule has 136 valence electrons. The number of benzene rings is 2. The van der Waals surface area contributed by atoms with Crippen LogP contribution in [-0.2, 0) is 11.4 Å². The van der Waals surface area contributed by atoms with Crippen LogP contribution in [0.5, 0.6) is 17.2 Å². The zero-order chi connectivity index (χ0) is 19.1. The van der Waals surface area contributed by atoms with Crippen molar-refractivity contribution in [3.05, 3.63) is 59.2 Å². The van der Waals surface area contributed by atoms with Crippen molar-refractivity contribution < 1.29 is 34.0 Å². The molecule has 2 rings (SSSR count). The molecule has 0 spiro atoms. The van der Waals surface area contributed by atoms with Crippen LogP contribution >= 0.6 is 0 Å². The maximum absolute atomic E-state index is 11.0. The zero-order valence-electron chi connectivity index (χ0n) is 14.3. The maximum atomic E-state index is 11.0. The Bertz CT molecular complexity index is 840. The topological polar surface area (TPSA) is 102 Å². The Morgan fingerprint density at radius 2 is 1.65 bits per heavy atom. The summed E-state index contributed by atoms with van der Waals surface area (Å²) in [6.07, 6.45) is 2.51. The third-order valence-corrected chi connectivity index (χ3v) is 3.52. The van der Waals surface area contributed by atoms with E-state index in [1.54, 1.807) is 18.2 Å². The van der Waals surface area contributed by atoms with Crippen molar-refractivity contribution in [1.29, 1.82) is 0 Å². The quantitative estimate of drug-likeness (QED) is 0.699. The fourth-order valence-electron chi connectivity index (χ4n) is 2.26. The van der Waals surface area contributed by atoms with Crippen LogP contribution in [0.4, 0.5) is 0 Å². The predicted molar refractivity (Wildman–Crippen MR) is 93.9 cm³/mol. The smallest absolute Gasteiger partial charge is 0.335 e. The van der Waals surface area contributed by atoms with Gasteiger partial charge in [0.05, 0.1) is 19.8 Å². The van der Waals surface area contributed by atoms with Gasteiger partial charge in [-0.3, -0.25) is 0 Å². The number of ether oxygens (including phenoxy) is 3. The van der Waals surface area contributed by atoms with E-state index >= 15 is 0 Å². The Hall–Kier alpha value is -3.48. The van der Waals surface area contributed by atoms with Gasteiger partial charge in [-0.2, -0.15) is 0 Å². The van der Waals surface area contributed by atoms with Crippen LogP contribution in [0, 0.1) is 0 Å². The number of hydrogen-bond acceptors (Lipinski definition) is 5. The molecule has 0 amide bonds. The number of rotatable bonds is 8. The van der Waals surface area contributed by atoms with Gasteiger partial charge in [0.15, 0.2) is 11.5 Å². The van der Waals surface area contributed by atoms with Crippen LogP contribution in [-0.4, -0.2) is 36.4 Å². The van der Waals surface area contributed by atoms with Crippen LogP contribution in [0.3, 0.4) is 0 Å². The van der Waals surface area contributed by atoms with E-state index in [4.69, 9.17) is 24.4 Å². The molecule has 0 aromatic heterocycles. The molecular formula is C19H18O7. The molecule has 0 bridgehead atoms. The zero-order valence-corrected chi connectivity index (χ0v) is 14.3. The summed E-state index contributed by atoms with van der Waals surface area (Å²) in [4.78, 5) is 21.7. The normalized spacial score (nSPS) is 10.5. The van der Waals surface area contributed by atoms with Gasteiger partial charge in [-0.05, 0) is 42.0 Å². The minimum Gasteiger partial charge on any atom is -0.496 e. The Labute approximate surface area is 150 Å². The highest BCUT2D eigenvalue weighted by molar-refractivity contribution is 5.88. The van der Waals surface area contributed by atoms with Gasteiger partial charge >= 0.3 is 11.9 Å². The summed E-state index contributed by atoms with van der Waals surface area (Å²) < 4.78 is 16.2. The van der Waals surface area contributed by atoms with E-state index in [1.807, 2.05) is 0 Å². The monoisotopic (exact) mass is 358 g/mol. The van der Waals surface area contributed by atoms with Crippen LogP contribution in [0.15, 0.2) is 42.5 Å². The average molecular weight is 358 g/mol. The molecule has 0 atom stereocenters. The van der Waals surface area contributed by atoms with Gasteiger partial charge in [0.2, 0.25) is 0 Å². The molecule has 0 saturated heterocycles. The molecule has 2 aromatic carbocycles. The molecule has 2 N–H and O–H groups in total. The van der Waals surface area contributed by atoms with Gasteiger partial charge in [-0.25, -0.2) is 9.59 Å². The first kappa shape index (κ1) is 18.9. The van der Waals surface area contributed by atoms with Crippen molar-refractivity contribution in [3.63, 3.8) is 0 Å². The minimum absolute atomic E-state index is 0.0904. The number of carboxylic acid groups (broad SMARTS) is 2. The minimum atomic E-state index is -1.06. The van der Waals surface area contributed by atoms with Gasteiger partial charge < -0.3 is 24.4 Å². The number of aromatic carboxylic acids is 1. The van der Waals surface area contributed by atoms with Crippen LogP contribution in [0.25, 0.3) is 6.08 Å². The summed E-state index contributed by atoms with van der Waals surface area (Å²) in [7, 11) is 2.94. The number of aliphatic carboxylic acids is 1. The number of methoxy groups -OCH3 is 2. The Balaban J connectivity index is 2.24. The first-order valence-corrected chi connectivity index (χ1v) is 7.56. The molecule has 0 saturated carbocycles. The van der Waals surface area contributed by atoms with Crippen molar-refractivity contribution in [2.45, 2.75) is 6.61 Å². The lowest BCUT2D eigenvalue weighted by molar-refractivity contribution is -0.131. The van der Waals surface area contributed by atoms with E-state index < -0.39 is 11.9 Å². The largest absolute Gasteiger partial charge is 0.496 e. The van der Waals surface area contributed by atoms with E-state index in [0.29, 0.717) is 28.4 Å². The average Bonchev–Trinajstić information content (AvgIpc) is 2.64. The second-order valence-electron chi connectivity index (χ2n) is 5.20. The standard InChI is InChI=1S/C19H18O7/c1-24-15-6-3-12(4-8-18(20)21)9-14(15)11-26-16-7-5-13(19(22)23)10-17(16)25-2/h3-10H,11H2,1-2H3,(H,20,21)(H,22,23). The second-order valence-corrected chi connectivity index (χ2v) is 5.20. The third-order valence-electron chi connectivity index (χ3n) is 3.52. The summed E-state index contributed by atoms with van der Waals surface area (Å²) in [6, 6.07) is 9.50. The van der Waals surface area contributed by atoms with Gasteiger partial charge in [-0.15, -0.1) is 0 Å². The van der Waals surface area contributed by atoms with Crippen molar-refractivity contribution in [1.82, 2.24) is 0 Å². The number of hydrogen-bond donors (Lipinski definition) is 2. The second kappa shape index (κ2) is 8.57. The van der Waals surface area contributed by atoms with Crippen LogP contribution < -0.4 is 14.2 Å². The van der Waals surface area contributed by atoms with E-state index in [-0.39, 0.29) is 12.2 Å². The van der Waals surface area contributed by atoms with Crippen molar-refractivity contribution in [2.24, 2.45) is 0 Å². The van der Waals surface area contributed by atoms with Crippen molar-refractivity contribution >= 4 is 18.0 Å². The highest BCUT2D eigenvalue weighted by atomic mass is 16.5. The maximum Gasteiger partial charge on any atom is 0.335 e. The van der Waals surface area contributed by atoms with Crippen molar-refractivity contribution in [2.75, 3.05) is 14.2 Å². The highest BCUT2D eigenvalue weighted by Crippen LogP contribution is 2.30. The molecule has 7 heteroatoms. The number of carbonyl (C=O) groups is 2. The molecule has 0 heterocycles. The van der Waals surface area contributed by atoms with Gasteiger partial charge in [0.25, 0.3) is 0 Å². The first-order chi connectivity index (χ1) is 12.4. The summed E-state index contributed by atoms with van der Waals surface area (Å²) in [5, 5.41) is 17.8. The third kappa shape index (κ3) is 4.76. The lowest BCUT2D eigenvalue weighted by atomic mass is 10.1. The van der Waals surface area contributed by atoms with E-state index in [0.717, 1.165) is 6.08 Å². The molecule has 0 fully saturated rings. The number of carboxylic acids is 2. The van der Waals surface area contributed by atoms with Gasteiger partial charge in [0.1, 0.15) is 12.4 Å². The van der Waals surface area contributed by atoms with E-state index in [1.165, 1.54) is 38.5 Å². The first-order valence-electron chi connectivity index (χ1n) is 7.56. The molecule has 0 unspecified atom stereocenters. The SMILES string of the molecule is COc1ccc(C=CC(=O)O)cc1COc1ccc(C(=O)O)cc1OC. The summed E-state index contributed by atoms with van der Waals surface area (Å²) in [6.45, 7) is 0.126.